The van der Waals surface area contributed by atoms with Gasteiger partial charge in [0.2, 0.25) is 5.52 Å². The first-order valence-electron chi connectivity index (χ1n) is 14.3. The van der Waals surface area contributed by atoms with Crippen molar-refractivity contribution in [2.75, 3.05) is 32.0 Å². The summed E-state index contributed by atoms with van der Waals surface area (Å²) in [6.45, 7) is -2.24. The molecule has 0 saturated carbocycles. The number of nitrogens with two attached hydrogens (primary N) is 1. The van der Waals surface area contributed by atoms with E-state index < -0.39 is 92.4 Å². The summed E-state index contributed by atoms with van der Waals surface area (Å²) < 4.78 is 55.9. The van der Waals surface area contributed by atoms with Crippen LogP contribution in [0.5, 0.6) is 0 Å². The minimum atomic E-state index is -4.38. The monoisotopic (exact) mass is 704 g/mol. The molecule has 0 amide bonds. The Hall–Kier alpha value is -3.40. The summed E-state index contributed by atoms with van der Waals surface area (Å²) in [6, 6.07) is 1.09. The molecule has 2 aliphatic heterocycles. The Morgan fingerprint density at radius 2 is 2.06 bits per heavy atom. The first kappa shape index (κ1) is 34.9. The van der Waals surface area contributed by atoms with Crippen molar-refractivity contribution < 1.29 is 56.9 Å². The van der Waals surface area contributed by atoms with E-state index >= 15 is 0 Å². The minimum Gasteiger partial charge on any atom is -0.432 e. The number of carbonyl (C=O) groups excluding carboxylic acids is 1. The molecule has 8 atom stereocenters. The normalized spacial score (nSPS) is 27.3. The standard InChI is InChI=1S/C25H34N7O13PS/c1-12(2)42-25(37)40-11-47-46(38,45-19-14(7-33)44-23(20(19)39-3)31-5-4-16(35)30-24(31)36)41-8-15-13(34)6-17(43-15)32-10-29-18-21(26)27-9-28-22(18)32/h4-5,9-10,12-15,17,19-20,23,33-34H,6-8,11H2,1-3H3,(H3,26,27,28,30,35,36)/p+1/t13?,14-,15-,17-,19?,20+,23-,46+/m1/s1. The van der Waals surface area contributed by atoms with Crippen LogP contribution in [0.3, 0.4) is 0 Å². The van der Waals surface area contributed by atoms with Gasteiger partial charge in [-0.05, 0) is 13.8 Å². The molecule has 3 aromatic rings. The molecule has 5 rings (SSSR count). The molecule has 5 heterocycles. The number of methoxy groups -OCH3 is 1. The number of rotatable bonds is 13. The Labute approximate surface area is 269 Å². The van der Waals surface area contributed by atoms with E-state index in [0.29, 0.717) is 22.5 Å². The third kappa shape index (κ3) is 7.85. The number of aromatic amines is 2. The third-order valence-corrected chi connectivity index (χ3v) is 10.5. The van der Waals surface area contributed by atoms with Crippen LogP contribution in [-0.4, -0.2) is 104 Å². The van der Waals surface area contributed by atoms with Crippen LogP contribution in [0.4, 0.5) is 10.6 Å². The quantitative estimate of drug-likeness (QED) is 0.0661. The number of nitrogens with zero attached hydrogens (tertiary/aromatic N) is 4. The minimum absolute atomic E-state index is 0.114. The molecule has 2 aliphatic rings. The SMILES string of the molecule is CO[C@H]1C(O[P@](=O)(OC[C@H]2O[C@@H]([n+]3c[nH]c4c(N)ncnc43)CC2O)SCOC(=O)OC(C)C)[C@@H](CO)O[C@H]1n1ccc(=O)[nH]c1=O. The van der Waals surface area contributed by atoms with Gasteiger partial charge in [-0.2, -0.15) is 4.98 Å². The maximum absolute atomic E-state index is 14.2. The van der Waals surface area contributed by atoms with Crippen molar-refractivity contribution in [1.82, 2.24) is 24.5 Å². The highest BCUT2D eigenvalue weighted by Crippen LogP contribution is 2.63. The number of carbonyl (C=O) groups is 1. The lowest BCUT2D eigenvalue weighted by molar-refractivity contribution is -0.738. The number of anilines is 1. The number of hydrogen-bond donors (Lipinski definition) is 5. The summed E-state index contributed by atoms with van der Waals surface area (Å²) in [5.74, 6) is -0.315. The van der Waals surface area contributed by atoms with E-state index in [1.54, 1.807) is 24.7 Å². The number of H-pyrrole nitrogens is 2. The largest absolute Gasteiger partial charge is 0.509 e. The number of imidazole rings is 1. The topological polar surface area (TPSA) is 266 Å². The van der Waals surface area contributed by atoms with Crippen molar-refractivity contribution >= 4 is 41.3 Å². The number of ether oxygens (including phenoxy) is 5. The van der Waals surface area contributed by atoms with E-state index in [9.17, 15) is 29.2 Å². The fourth-order valence-electron chi connectivity index (χ4n) is 5.04. The molecule has 0 aromatic carbocycles. The van der Waals surface area contributed by atoms with Crippen LogP contribution in [0.15, 0.2) is 34.5 Å². The van der Waals surface area contributed by atoms with E-state index in [0.717, 1.165) is 10.6 Å². The summed E-state index contributed by atoms with van der Waals surface area (Å²) in [4.78, 5) is 49.3. The Morgan fingerprint density at radius 1 is 1.28 bits per heavy atom. The van der Waals surface area contributed by atoms with Crippen molar-refractivity contribution in [3.8, 4) is 0 Å². The molecule has 20 nitrogen and oxygen atoms in total. The van der Waals surface area contributed by atoms with Gasteiger partial charge in [-0.25, -0.2) is 18.7 Å². The fourth-order valence-corrected chi connectivity index (χ4v) is 7.83. The van der Waals surface area contributed by atoms with Crippen LogP contribution in [0.1, 0.15) is 32.7 Å². The second-order valence-corrected chi connectivity index (χ2v) is 14.6. The van der Waals surface area contributed by atoms with E-state index in [2.05, 4.69) is 19.9 Å². The highest BCUT2D eigenvalue weighted by atomic mass is 32.7. The molecule has 258 valence electrons. The van der Waals surface area contributed by atoms with Gasteiger partial charge in [-0.15, -0.1) is 0 Å². The second-order valence-electron chi connectivity index (χ2n) is 10.7. The Morgan fingerprint density at radius 3 is 2.77 bits per heavy atom. The smallest absolute Gasteiger partial charge is 0.432 e. The number of nitrogen functional groups attached to an aromatic ring is 1. The van der Waals surface area contributed by atoms with Gasteiger partial charge in [-0.3, -0.25) is 28.4 Å². The third-order valence-electron chi connectivity index (χ3n) is 7.19. The molecule has 22 heteroatoms. The Balaban J connectivity index is 1.34. The summed E-state index contributed by atoms with van der Waals surface area (Å²) >= 11 is 0.481. The van der Waals surface area contributed by atoms with Crippen LogP contribution >= 0.6 is 18.2 Å². The molecule has 0 aliphatic carbocycles. The number of aromatic nitrogens is 6. The zero-order chi connectivity index (χ0) is 33.9. The predicted molar refractivity (Wildman–Crippen MR) is 160 cm³/mol. The zero-order valence-corrected chi connectivity index (χ0v) is 27.1. The highest BCUT2D eigenvalue weighted by Gasteiger charge is 2.51. The Kier molecular flexibility index (Phi) is 11.0. The molecule has 3 aromatic heterocycles. The van der Waals surface area contributed by atoms with Crippen molar-refractivity contribution in [2.45, 2.75) is 69.3 Å². The number of aliphatic hydroxyl groups is 2. The molecule has 2 unspecified atom stereocenters. The second kappa shape index (κ2) is 14.8. The van der Waals surface area contributed by atoms with Gasteiger partial charge in [0.25, 0.3) is 5.56 Å². The fraction of sp³-hybridized carbons (Fsp3) is 0.600. The van der Waals surface area contributed by atoms with E-state index in [4.69, 9.17) is 38.5 Å². The van der Waals surface area contributed by atoms with Gasteiger partial charge in [0.1, 0.15) is 24.4 Å². The Bertz CT molecular complexity index is 1720. The molecule has 0 bridgehead atoms. The van der Waals surface area contributed by atoms with E-state index in [-0.39, 0.29) is 12.2 Å². The predicted octanol–water partition coefficient (Wildman–Crippen LogP) is -0.307. The van der Waals surface area contributed by atoms with Crippen LogP contribution < -0.4 is 21.5 Å². The first-order valence-corrected chi connectivity index (χ1v) is 17.4. The highest BCUT2D eigenvalue weighted by molar-refractivity contribution is 8.55. The van der Waals surface area contributed by atoms with Crippen LogP contribution in [0, 0.1) is 0 Å². The lowest BCUT2D eigenvalue weighted by atomic mass is 10.1. The van der Waals surface area contributed by atoms with Crippen LogP contribution in [-0.2, 0) is 37.3 Å². The number of hydrogen-bond acceptors (Lipinski definition) is 17. The van der Waals surface area contributed by atoms with E-state index in [1.807, 2.05) is 0 Å². The molecular formula is C25H35N7O13PS+. The molecule has 47 heavy (non-hydrogen) atoms. The zero-order valence-electron chi connectivity index (χ0n) is 25.4. The van der Waals surface area contributed by atoms with E-state index in [1.165, 1.54) is 19.6 Å². The number of aliphatic hydroxyl groups excluding tert-OH is 2. The van der Waals surface area contributed by atoms with Gasteiger partial charge in [0, 0.05) is 37.2 Å². The van der Waals surface area contributed by atoms with Crippen molar-refractivity contribution in [3.05, 3.63) is 45.8 Å². The summed E-state index contributed by atoms with van der Waals surface area (Å²) in [6.07, 6.45) is -4.99. The number of nitrogens with one attached hydrogen (secondary N) is 2. The van der Waals surface area contributed by atoms with Gasteiger partial charge >= 0.3 is 24.3 Å². The molecule has 2 saturated heterocycles. The molecule has 0 radical (unpaired) electrons. The van der Waals surface area contributed by atoms with Gasteiger partial charge < -0.3 is 39.6 Å². The van der Waals surface area contributed by atoms with Crippen molar-refractivity contribution in [2.24, 2.45) is 0 Å². The van der Waals surface area contributed by atoms with Crippen LogP contribution in [0.25, 0.3) is 11.2 Å². The van der Waals surface area contributed by atoms with Gasteiger partial charge in [-0.1, -0.05) is 4.98 Å². The van der Waals surface area contributed by atoms with Crippen molar-refractivity contribution in [3.63, 3.8) is 0 Å². The summed E-state index contributed by atoms with van der Waals surface area (Å²) in [5, 5.41) is 20.9. The lowest BCUT2D eigenvalue weighted by Crippen LogP contribution is -2.40. The van der Waals surface area contributed by atoms with Crippen molar-refractivity contribution in [1.29, 1.82) is 0 Å². The molecule has 2 fully saturated rings. The lowest BCUT2D eigenvalue weighted by Gasteiger charge is -2.27. The first-order chi connectivity index (χ1) is 22.4. The molecular weight excluding hydrogens is 669 g/mol. The summed E-state index contributed by atoms with van der Waals surface area (Å²) in [7, 11) is 1.28. The van der Waals surface area contributed by atoms with Crippen LogP contribution in [0.2, 0.25) is 0 Å². The molecule has 6 N–H and O–H groups in total. The molecule has 0 spiro atoms. The average molecular weight is 705 g/mol. The maximum Gasteiger partial charge on any atom is 0.509 e. The van der Waals surface area contributed by atoms with Gasteiger partial charge in [0.15, 0.2) is 36.9 Å². The maximum atomic E-state index is 14.2. The van der Waals surface area contributed by atoms with Gasteiger partial charge in [0.05, 0.1) is 25.4 Å². The number of fused-ring (bicyclic) bond motifs is 1. The average Bonchev–Trinajstić information content (AvgIpc) is 3.71. The summed E-state index contributed by atoms with van der Waals surface area (Å²) in [5.41, 5.74) is 5.35.